The number of unbranched alkanes of at least 4 members (excludes halogenated alkanes) is 15. The molecular formula is C33H58O6. The molecule has 6 heteroatoms. The first-order valence-electron chi connectivity index (χ1n) is 15.8. The minimum Gasteiger partial charge on any atom is -0.462 e. The molecule has 0 saturated heterocycles. The van der Waals surface area contributed by atoms with Gasteiger partial charge < -0.3 is 14.6 Å². The molecule has 0 fully saturated rings. The Morgan fingerprint density at radius 2 is 1.15 bits per heavy atom. The molecule has 0 spiro atoms. The van der Waals surface area contributed by atoms with E-state index in [-0.39, 0.29) is 37.4 Å². The number of ether oxygens (including phenoxy) is 2. The summed E-state index contributed by atoms with van der Waals surface area (Å²) in [5, 5.41) is 9.46. The molecule has 0 rings (SSSR count). The SMILES string of the molecule is CCCCC/C=C\C=C\C(=O)CCCCCCCC(=O)O[C@@H](CO)COC(=O)CCCCCCCCCCC. The number of aliphatic hydroxyl groups excluding tert-OH is 1. The van der Waals surface area contributed by atoms with Gasteiger partial charge in [-0.15, -0.1) is 0 Å². The fourth-order valence-electron chi connectivity index (χ4n) is 4.24. The Labute approximate surface area is 239 Å². The summed E-state index contributed by atoms with van der Waals surface area (Å²) < 4.78 is 10.5. The van der Waals surface area contributed by atoms with Gasteiger partial charge >= 0.3 is 11.9 Å². The van der Waals surface area contributed by atoms with Gasteiger partial charge in [0.15, 0.2) is 11.9 Å². The molecule has 0 aromatic rings. The highest BCUT2D eigenvalue weighted by molar-refractivity contribution is 5.89. The first-order chi connectivity index (χ1) is 19.0. The van der Waals surface area contributed by atoms with E-state index in [9.17, 15) is 19.5 Å². The number of esters is 2. The Kier molecular flexibility index (Phi) is 27.6. The second-order valence-corrected chi connectivity index (χ2v) is 10.6. The Morgan fingerprint density at radius 3 is 1.74 bits per heavy atom. The van der Waals surface area contributed by atoms with Crippen molar-refractivity contribution in [3.63, 3.8) is 0 Å². The van der Waals surface area contributed by atoms with Crippen LogP contribution in [0.4, 0.5) is 0 Å². The molecule has 39 heavy (non-hydrogen) atoms. The third-order valence-corrected chi connectivity index (χ3v) is 6.72. The molecule has 0 aromatic carbocycles. The van der Waals surface area contributed by atoms with Gasteiger partial charge in [-0.05, 0) is 38.2 Å². The molecule has 226 valence electrons. The smallest absolute Gasteiger partial charge is 0.306 e. The van der Waals surface area contributed by atoms with E-state index >= 15 is 0 Å². The molecule has 0 radical (unpaired) electrons. The number of ketones is 1. The quantitative estimate of drug-likeness (QED) is 0.0456. The van der Waals surface area contributed by atoms with E-state index in [1.165, 1.54) is 57.8 Å². The minimum atomic E-state index is -0.810. The highest BCUT2D eigenvalue weighted by atomic mass is 16.6. The maximum atomic E-state index is 12.1. The highest BCUT2D eigenvalue weighted by Crippen LogP contribution is 2.12. The molecule has 0 heterocycles. The number of hydrogen-bond acceptors (Lipinski definition) is 6. The first-order valence-corrected chi connectivity index (χ1v) is 15.8. The molecular weight excluding hydrogens is 492 g/mol. The summed E-state index contributed by atoms with van der Waals surface area (Å²) in [5.41, 5.74) is 0. The largest absolute Gasteiger partial charge is 0.462 e. The van der Waals surface area contributed by atoms with Crippen LogP contribution in [0, 0.1) is 0 Å². The molecule has 6 nitrogen and oxygen atoms in total. The molecule has 1 atom stereocenters. The van der Waals surface area contributed by atoms with Crippen molar-refractivity contribution >= 4 is 17.7 Å². The van der Waals surface area contributed by atoms with Gasteiger partial charge in [0, 0.05) is 19.3 Å². The maximum Gasteiger partial charge on any atom is 0.306 e. The summed E-state index contributed by atoms with van der Waals surface area (Å²) in [6, 6.07) is 0. The van der Waals surface area contributed by atoms with E-state index in [1.807, 2.05) is 12.2 Å². The van der Waals surface area contributed by atoms with E-state index < -0.39 is 6.10 Å². The Morgan fingerprint density at radius 1 is 0.641 bits per heavy atom. The van der Waals surface area contributed by atoms with E-state index in [2.05, 4.69) is 19.9 Å². The van der Waals surface area contributed by atoms with Crippen LogP contribution in [-0.4, -0.2) is 42.1 Å². The van der Waals surface area contributed by atoms with Gasteiger partial charge in [-0.3, -0.25) is 14.4 Å². The van der Waals surface area contributed by atoms with Gasteiger partial charge in [0.05, 0.1) is 6.61 Å². The molecule has 0 aromatic heterocycles. The van der Waals surface area contributed by atoms with Crippen molar-refractivity contribution in [1.29, 1.82) is 0 Å². The summed E-state index contributed by atoms with van der Waals surface area (Å²) >= 11 is 0. The first kappa shape index (κ1) is 37.0. The van der Waals surface area contributed by atoms with Crippen molar-refractivity contribution in [2.45, 2.75) is 155 Å². The van der Waals surface area contributed by atoms with Gasteiger partial charge in [-0.2, -0.15) is 0 Å². The standard InChI is InChI=1S/C33H58O6/c1-3-5-7-9-11-12-14-18-22-26-32(36)38-29-31(28-34)39-33(37)27-23-19-15-17-21-25-30(35)24-20-16-13-10-8-6-4-2/h13,16,20,24,31,34H,3-12,14-15,17-19,21-23,25-29H2,1-2H3/b16-13-,24-20+/t31-/m0/s1. The zero-order chi connectivity index (χ0) is 28.8. The van der Waals surface area contributed by atoms with Crippen LogP contribution in [0.1, 0.15) is 149 Å². The lowest BCUT2D eigenvalue weighted by molar-refractivity contribution is -0.161. The van der Waals surface area contributed by atoms with Gasteiger partial charge in [0.1, 0.15) is 6.61 Å². The van der Waals surface area contributed by atoms with Crippen LogP contribution in [0.15, 0.2) is 24.3 Å². The summed E-state index contributed by atoms with van der Waals surface area (Å²) in [6.07, 6.45) is 27.7. The summed E-state index contributed by atoms with van der Waals surface area (Å²) in [4.78, 5) is 35.9. The van der Waals surface area contributed by atoms with Crippen molar-refractivity contribution in [2.75, 3.05) is 13.2 Å². The van der Waals surface area contributed by atoms with Crippen LogP contribution in [-0.2, 0) is 23.9 Å². The molecule has 0 saturated carbocycles. The summed E-state index contributed by atoms with van der Waals surface area (Å²) in [6.45, 7) is 3.94. The van der Waals surface area contributed by atoms with Gasteiger partial charge in [0.25, 0.3) is 0 Å². The summed E-state index contributed by atoms with van der Waals surface area (Å²) in [5.74, 6) is -0.534. The zero-order valence-electron chi connectivity index (χ0n) is 25.1. The van der Waals surface area contributed by atoms with Crippen LogP contribution < -0.4 is 0 Å². The van der Waals surface area contributed by atoms with E-state index in [0.717, 1.165) is 51.4 Å². The third kappa shape index (κ3) is 27.4. The molecule has 0 amide bonds. The minimum absolute atomic E-state index is 0.102. The van der Waals surface area contributed by atoms with Crippen LogP contribution in [0.3, 0.4) is 0 Å². The molecule has 0 aliphatic rings. The number of aliphatic hydroxyl groups is 1. The zero-order valence-corrected chi connectivity index (χ0v) is 25.1. The second-order valence-electron chi connectivity index (χ2n) is 10.6. The predicted octanol–water partition coefficient (Wildman–Crippen LogP) is 8.35. The third-order valence-electron chi connectivity index (χ3n) is 6.72. The fourth-order valence-corrected chi connectivity index (χ4v) is 4.24. The van der Waals surface area contributed by atoms with E-state index in [4.69, 9.17) is 9.47 Å². The number of rotatable bonds is 28. The lowest BCUT2D eigenvalue weighted by atomic mass is 10.1. The average molecular weight is 551 g/mol. The van der Waals surface area contributed by atoms with E-state index in [0.29, 0.717) is 19.3 Å². The topological polar surface area (TPSA) is 89.9 Å². The number of carbonyl (C=O) groups is 3. The summed E-state index contributed by atoms with van der Waals surface area (Å²) in [7, 11) is 0. The molecule has 0 unspecified atom stereocenters. The molecule has 0 aliphatic carbocycles. The number of hydrogen-bond donors (Lipinski definition) is 1. The van der Waals surface area contributed by atoms with Crippen molar-refractivity contribution in [1.82, 2.24) is 0 Å². The van der Waals surface area contributed by atoms with Crippen LogP contribution in [0.5, 0.6) is 0 Å². The fraction of sp³-hybridized carbons (Fsp3) is 0.788. The van der Waals surface area contributed by atoms with Crippen LogP contribution in [0.25, 0.3) is 0 Å². The van der Waals surface area contributed by atoms with Crippen LogP contribution >= 0.6 is 0 Å². The van der Waals surface area contributed by atoms with Crippen molar-refractivity contribution < 1.29 is 29.0 Å². The van der Waals surface area contributed by atoms with Gasteiger partial charge in [0.2, 0.25) is 0 Å². The van der Waals surface area contributed by atoms with E-state index in [1.54, 1.807) is 6.08 Å². The highest BCUT2D eigenvalue weighted by Gasteiger charge is 2.16. The van der Waals surface area contributed by atoms with Gasteiger partial charge in [-0.25, -0.2) is 0 Å². The molecule has 0 aliphatic heterocycles. The Bertz CT molecular complexity index is 655. The maximum absolute atomic E-state index is 12.1. The Hall–Kier alpha value is -1.95. The van der Waals surface area contributed by atoms with Gasteiger partial charge in [-0.1, -0.05) is 116 Å². The average Bonchev–Trinajstić information content (AvgIpc) is 2.93. The molecule has 1 N–H and O–H groups in total. The molecule has 0 bridgehead atoms. The van der Waals surface area contributed by atoms with Crippen LogP contribution in [0.2, 0.25) is 0 Å². The Balaban J connectivity index is 3.71. The predicted molar refractivity (Wildman–Crippen MR) is 160 cm³/mol. The lowest BCUT2D eigenvalue weighted by Gasteiger charge is -2.15. The number of carbonyl (C=O) groups excluding carboxylic acids is 3. The van der Waals surface area contributed by atoms with Crippen molar-refractivity contribution in [3.8, 4) is 0 Å². The van der Waals surface area contributed by atoms with Crippen molar-refractivity contribution in [2.24, 2.45) is 0 Å². The monoisotopic (exact) mass is 550 g/mol. The lowest BCUT2D eigenvalue weighted by Crippen LogP contribution is -2.28. The normalized spacial score (nSPS) is 12.3. The van der Waals surface area contributed by atoms with Crippen molar-refractivity contribution in [3.05, 3.63) is 24.3 Å². The second kappa shape index (κ2) is 29.0. The number of allylic oxidation sites excluding steroid dienone is 4.